The summed E-state index contributed by atoms with van der Waals surface area (Å²) in [6.45, 7) is 3.11. The Morgan fingerprint density at radius 1 is 1.28 bits per heavy atom. The van der Waals surface area contributed by atoms with Crippen LogP contribution in [0.15, 0.2) is 47.1 Å². The summed E-state index contributed by atoms with van der Waals surface area (Å²) in [5.41, 5.74) is 0.151. The van der Waals surface area contributed by atoms with E-state index in [9.17, 15) is 14.9 Å². The van der Waals surface area contributed by atoms with Gasteiger partial charge in [-0.3, -0.25) is 19.8 Å². The number of ether oxygens (including phenoxy) is 1. The van der Waals surface area contributed by atoms with Crippen LogP contribution in [-0.4, -0.2) is 48.6 Å². The van der Waals surface area contributed by atoms with E-state index in [1.54, 1.807) is 12.3 Å². The SMILES string of the molecule is O=C(NC[C@@H](c1ccco1)N1CCOCC1)c1cccc([N+](=O)[O-])c1. The van der Waals surface area contributed by atoms with Crippen LogP contribution in [0.25, 0.3) is 0 Å². The van der Waals surface area contributed by atoms with Gasteiger partial charge in [0.2, 0.25) is 0 Å². The van der Waals surface area contributed by atoms with Crippen molar-refractivity contribution in [2.75, 3.05) is 32.8 Å². The van der Waals surface area contributed by atoms with E-state index in [0.29, 0.717) is 19.8 Å². The Labute approximate surface area is 144 Å². The number of benzene rings is 1. The van der Waals surface area contributed by atoms with Crippen LogP contribution in [0.5, 0.6) is 0 Å². The molecule has 8 heteroatoms. The Hall–Kier alpha value is -2.71. The van der Waals surface area contributed by atoms with E-state index in [0.717, 1.165) is 18.8 Å². The van der Waals surface area contributed by atoms with Gasteiger partial charge < -0.3 is 14.5 Å². The molecule has 0 aliphatic carbocycles. The van der Waals surface area contributed by atoms with Crippen molar-refractivity contribution >= 4 is 11.6 Å². The first-order chi connectivity index (χ1) is 12.1. The third kappa shape index (κ3) is 4.23. The molecule has 0 saturated carbocycles. The maximum Gasteiger partial charge on any atom is 0.270 e. The van der Waals surface area contributed by atoms with Gasteiger partial charge in [-0.25, -0.2) is 0 Å². The molecule has 1 aliphatic rings. The van der Waals surface area contributed by atoms with Crippen LogP contribution in [0.2, 0.25) is 0 Å². The molecule has 3 rings (SSSR count). The first-order valence-electron chi connectivity index (χ1n) is 8.03. The van der Waals surface area contributed by atoms with Gasteiger partial charge in [0.05, 0.1) is 30.4 Å². The molecule has 1 aromatic carbocycles. The zero-order valence-electron chi connectivity index (χ0n) is 13.6. The van der Waals surface area contributed by atoms with Crippen molar-refractivity contribution in [3.63, 3.8) is 0 Å². The van der Waals surface area contributed by atoms with Crippen LogP contribution < -0.4 is 5.32 Å². The van der Waals surface area contributed by atoms with Gasteiger partial charge in [0, 0.05) is 37.3 Å². The second-order valence-corrected chi connectivity index (χ2v) is 5.70. The third-order valence-electron chi connectivity index (χ3n) is 4.13. The molecule has 1 fully saturated rings. The van der Waals surface area contributed by atoms with Gasteiger partial charge >= 0.3 is 0 Å². The highest BCUT2D eigenvalue weighted by Crippen LogP contribution is 2.22. The number of non-ortho nitro benzene ring substituents is 1. The Kier molecular flexibility index (Phi) is 5.42. The van der Waals surface area contributed by atoms with E-state index < -0.39 is 4.92 Å². The number of nitrogens with zero attached hydrogens (tertiary/aromatic N) is 2. The molecule has 1 aliphatic heterocycles. The smallest absolute Gasteiger partial charge is 0.270 e. The Morgan fingerprint density at radius 2 is 2.08 bits per heavy atom. The largest absolute Gasteiger partial charge is 0.468 e. The molecule has 2 aromatic rings. The minimum atomic E-state index is -0.518. The lowest BCUT2D eigenvalue weighted by Crippen LogP contribution is -2.43. The summed E-state index contributed by atoms with van der Waals surface area (Å²) in [5.74, 6) is 0.412. The van der Waals surface area contributed by atoms with E-state index >= 15 is 0 Å². The van der Waals surface area contributed by atoms with Crippen molar-refractivity contribution in [3.8, 4) is 0 Å². The molecule has 1 atom stereocenters. The van der Waals surface area contributed by atoms with E-state index in [4.69, 9.17) is 9.15 Å². The monoisotopic (exact) mass is 345 g/mol. The number of carbonyl (C=O) groups excluding carboxylic acids is 1. The highest BCUT2D eigenvalue weighted by molar-refractivity contribution is 5.94. The number of carbonyl (C=O) groups is 1. The van der Waals surface area contributed by atoms with Gasteiger partial charge in [0.25, 0.3) is 11.6 Å². The quantitative estimate of drug-likeness (QED) is 0.635. The Balaban J connectivity index is 1.69. The fraction of sp³-hybridized carbons (Fsp3) is 0.353. The molecule has 8 nitrogen and oxygen atoms in total. The van der Waals surface area contributed by atoms with Gasteiger partial charge in [-0.1, -0.05) is 6.07 Å². The molecule has 25 heavy (non-hydrogen) atoms. The molecular formula is C17H19N3O5. The molecule has 0 spiro atoms. The molecule has 132 valence electrons. The van der Waals surface area contributed by atoms with E-state index in [-0.39, 0.29) is 23.2 Å². The maximum atomic E-state index is 12.4. The number of nitro benzene ring substituents is 1. The number of furan rings is 1. The van der Waals surface area contributed by atoms with E-state index in [1.807, 2.05) is 12.1 Å². The molecule has 1 aromatic heterocycles. The molecule has 1 saturated heterocycles. The van der Waals surface area contributed by atoms with Crippen LogP contribution in [0.4, 0.5) is 5.69 Å². The lowest BCUT2D eigenvalue weighted by atomic mass is 10.1. The topological polar surface area (TPSA) is 97.9 Å². The molecule has 2 heterocycles. The van der Waals surface area contributed by atoms with Gasteiger partial charge in [0.1, 0.15) is 5.76 Å². The zero-order valence-corrected chi connectivity index (χ0v) is 13.6. The summed E-state index contributed by atoms with van der Waals surface area (Å²) in [6.07, 6.45) is 1.60. The lowest BCUT2D eigenvalue weighted by Gasteiger charge is -2.33. The fourth-order valence-electron chi connectivity index (χ4n) is 2.83. The van der Waals surface area contributed by atoms with Crippen molar-refractivity contribution in [2.24, 2.45) is 0 Å². The van der Waals surface area contributed by atoms with Crippen LogP contribution in [-0.2, 0) is 4.74 Å². The summed E-state index contributed by atoms with van der Waals surface area (Å²) >= 11 is 0. The van der Waals surface area contributed by atoms with Crippen molar-refractivity contribution in [3.05, 3.63) is 64.1 Å². The average molecular weight is 345 g/mol. The second kappa shape index (κ2) is 7.91. The number of nitro groups is 1. The third-order valence-corrected chi connectivity index (χ3v) is 4.13. The highest BCUT2D eigenvalue weighted by Gasteiger charge is 2.25. The summed E-state index contributed by atoms with van der Waals surface area (Å²) < 4.78 is 10.9. The summed E-state index contributed by atoms with van der Waals surface area (Å²) in [4.78, 5) is 24.9. The van der Waals surface area contributed by atoms with E-state index in [1.165, 1.54) is 18.2 Å². The predicted molar refractivity (Wildman–Crippen MR) is 89.3 cm³/mol. The summed E-state index contributed by atoms with van der Waals surface area (Å²) in [7, 11) is 0. The zero-order chi connectivity index (χ0) is 17.6. The number of hydrogen-bond acceptors (Lipinski definition) is 6. The molecule has 0 unspecified atom stereocenters. The van der Waals surface area contributed by atoms with Crippen LogP contribution in [0.3, 0.4) is 0 Å². The lowest BCUT2D eigenvalue weighted by molar-refractivity contribution is -0.384. The van der Waals surface area contributed by atoms with Crippen LogP contribution in [0.1, 0.15) is 22.2 Å². The van der Waals surface area contributed by atoms with Crippen molar-refractivity contribution in [2.45, 2.75) is 6.04 Å². The first-order valence-corrected chi connectivity index (χ1v) is 8.03. The number of hydrogen-bond donors (Lipinski definition) is 1. The van der Waals surface area contributed by atoms with Gasteiger partial charge in [-0.15, -0.1) is 0 Å². The van der Waals surface area contributed by atoms with E-state index in [2.05, 4.69) is 10.2 Å². The molecule has 1 amide bonds. The highest BCUT2D eigenvalue weighted by atomic mass is 16.6. The Morgan fingerprint density at radius 3 is 2.76 bits per heavy atom. The van der Waals surface area contributed by atoms with Gasteiger partial charge in [-0.05, 0) is 18.2 Å². The molecule has 0 bridgehead atoms. The number of nitrogens with one attached hydrogen (secondary N) is 1. The predicted octanol–water partition coefficient (Wildman–Crippen LogP) is 1.99. The van der Waals surface area contributed by atoms with Crippen molar-refractivity contribution in [1.29, 1.82) is 0 Å². The fourth-order valence-corrected chi connectivity index (χ4v) is 2.83. The number of rotatable bonds is 6. The minimum absolute atomic E-state index is 0.108. The molecule has 1 N–H and O–H groups in total. The summed E-state index contributed by atoms with van der Waals surface area (Å²) in [6, 6.07) is 9.26. The molecule has 0 radical (unpaired) electrons. The van der Waals surface area contributed by atoms with Crippen molar-refractivity contribution in [1.82, 2.24) is 10.2 Å². The van der Waals surface area contributed by atoms with Crippen molar-refractivity contribution < 1.29 is 18.9 Å². The first kappa shape index (κ1) is 17.1. The standard InChI is InChI=1S/C17H19N3O5/c21-17(13-3-1-4-14(11-13)20(22)23)18-12-15(16-5-2-8-25-16)19-6-9-24-10-7-19/h1-5,8,11,15H,6-7,9-10,12H2,(H,18,21)/t15-/m0/s1. The van der Waals surface area contributed by atoms with Crippen LogP contribution in [0, 0.1) is 10.1 Å². The van der Waals surface area contributed by atoms with Gasteiger partial charge in [-0.2, -0.15) is 0 Å². The van der Waals surface area contributed by atoms with Crippen LogP contribution >= 0.6 is 0 Å². The second-order valence-electron chi connectivity index (χ2n) is 5.70. The Bertz CT molecular complexity index is 726. The summed E-state index contributed by atoms with van der Waals surface area (Å²) in [5, 5.41) is 13.7. The number of morpholine rings is 1. The number of amides is 1. The van der Waals surface area contributed by atoms with Gasteiger partial charge in [0.15, 0.2) is 0 Å². The minimum Gasteiger partial charge on any atom is -0.468 e. The maximum absolute atomic E-state index is 12.4. The normalized spacial score (nSPS) is 16.3. The molecular weight excluding hydrogens is 326 g/mol. The average Bonchev–Trinajstić information content (AvgIpc) is 3.17.